The summed E-state index contributed by atoms with van der Waals surface area (Å²) in [6.07, 6.45) is 7.64. The summed E-state index contributed by atoms with van der Waals surface area (Å²) in [7, 11) is 3.09. The van der Waals surface area contributed by atoms with Gasteiger partial charge in [0.1, 0.15) is 5.82 Å². The first kappa shape index (κ1) is 19.5. The first-order valence-corrected chi connectivity index (χ1v) is 10.4. The molecule has 0 aliphatic carbocycles. The van der Waals surface area contributed by atoms with E-state index in [4.69, 9.17) is 9.47 Å². The summed E-state index contributed by atoms with van der Waals surface area (Å²) in [5, 5.41) is 4.00. The van der Waals surface area contributed by atoms with Crippen molar-refractivity contribution in [3.8, 4) is 22.5 Å². The van der Waals surface area contributed by atoms with Gasteiger partial charge in [-0.25, -0.2) is 9.97 Å². The maximum absolute atomic E-state index is 5.21. The number of nitrogens with zero attached hydrogens (tertiary/aromatic N) is 5. The highest BCUT2D eigenvalue weighted by Crippen LogP contribution is 2.31. The van der Waals surface area contributed by atoms with Crippen molar-refractivity contribution in [2.24, 2.45) is 0 Å². The fourth-order valence-electron chi connectivity index (χ4n) is 3.25. The van der Waals surface area contributed by atoms with Crippen LogP contribution in [0.2, 0.25) is 0 Å². The molecule has 3 aromatic rings. The average Bonchev–Trinajstić information content (AvgIpc) is 3.24. The molecule has 8 nitrogen and oxygen atoms in total. The molecule has 3 aromatic heterocycles. The fourth-order valence-corrected chi connectivity index (χ4v) is 4.04. The number of pyridine rings is 1. The van der Waals surface area contributed by atoms with Gasteiger partial charge >= 0.3 is 6.01 Å². The summed E-state index contributed by atoms with van der Waals surface area (Å²) in [6.45, 7) is 3.33. The predicted molar refractivity (Wildman–Crippen MR) is 113 cm³/mol. The van der Waals surface area contributed by atoms with Gasteiger partial charge in [-0.05, 0) is 37.6 Å². The second-order valence-corrected chi connectivity index (χ2v) is 7.86. The van der Waals surface area contributed by atoms with Crippen LogP contribution >= 0.6 is 11.3 Å². The summed E-state index contributed by atoms with van der Waals surface area (Å²) in [6, 6.07) is 6.14. The van der Waals surface area contributed by atoms with E-state index in [9.17, 15) is 0 Å². The van der Waals surface area contributed by atoms with E-state index in [1.54, 1.807) is 19.4 Å². The van der Waals surface area contributed by atoms with Crippen LogP contribution in [0.25, 0.3) is 10.6 Å². The molecule has 152 valence electrons. The lowest BCUT2D eigenvalue weighted by atomic mass is 10.1. The van der Waals surface area contributed by atoms with E-state index in [2.05, 4.69) is 36.2 Å². The first-order valence-electron chi connectivity index (χ1n) is 9.61. The number of rotatable bonds is 7. The lowest BCUT2D eigenvalue weighted by molar-refractivity contribution is 0.220. The summed E-state index contributed by atoms with van der Waals surface area (Å²) in [4.78, 5) is 20.8. The van der Waals surface area contributed by atoms with Crippen LogP contribution in [0.3, 0.4) is 0 Å². The maximum Gasteiger partial charge on any atom is 0.320 e. The lowest BCUT2D eigenvalue weighted by Gasteiger charge is -2.26. The minimum absolute atomic E-state index is 0.258. The zero-order valence-electron chi connectivity index (χ0n) is 16.6. The molecule has 29 heavy (non-hydrogen) atoms. The van der Waals surface area contributed by atoms with Crippen molar-refractivity contribution in [3.05, 3.63) is 36.2 Å². The van der Waals surface area contributed by atoms with Crippen molar-refractivity contribution >= 4 is 22.3 Å². The highest BCUT2D eigenvalue weighted by Gasteiger charge is 2.12. The van der Waals surface area contributed by atoms with Crippen molar-refractivity contribution in [3.63, 3.8) is 0 Å². The number of nitrogens with one attached hydrogen (secondary N) is 1. The van der Waals surface area contributed by atoms with Crippen LogP contribution in [0.5, 0.6) is 11.9 Å². The Bertz CT molecular complexity index is 918. The largest absolute Gasteiger partial charge is 0.481 e. The third-order valence-electron chi connectivity index (χ3n) is 4.75. The zero-order valence-corrected chi connectivity index (χ0v) is 17.4. The number of anilines is 2. The number of hydrogen-bond acceptors (Lipinski definition) is 9. The van der Waals surface area contributed by atoms with E-state index in [0.717, 1.165) is 22.4 Å². The van der Waals surface area contributed by atoms with Gasteiger partial charge in [0.25, 0.3) is 0 Å². The van der Waals surface area contributed by atoms with Gasteiger partial charge in [-0.1, -0.05) is 23.8 Å². The van der Waals surface area contributed by atoms with E-state index in [1.165, 1.54) is 56.4 Å². The van der Waals surface area contributed by atoms with E-state index < -0.39 is 0 Å². The molecule has 4 heterocycles. The average molecular weight is 413 g/mol. The molecule has 1 aliphatic rings. The molecule has 0 unspecified atom stereocenters. The molecule has 1 aliphatic heterocycles. The smallest absolute Gasteiger partial charge is 0.320 e. The lowest BCUT2D eigenvalue weighted by Crippen LogP contribution is -2.29. The standard InChI is InChI=1S/C20H24N6O2S/c1-27-18-10-15(23-19(25-18)28-2)16-12-22-20(29-16)24-17-7-6-14(11-21-17)13-26-8-4-3-5-9-26/h6-7,10-12H,3-5,8-9,13H2,1-2H3,(H,21,22,24). The second kappa shape index (κ2) is 9.15. The third kappa shape index (κ3) is 4.99. The molecular formula is C20H24N6O2S. The van der Waals surface area contributed by atoms with Gasteiger partial charge in [0.2, 0.25) is 5.88 Å². The topological polar surface area (TPSA) is 85.3 Å². The van der Waals surface area contributed by atoms with Crippen LogP contribution < -0.4 is 14.8 Å². The van der Waals surface area contributed by atoms with Crippen molar-refractivity contribution < 1.29 is 9.47 Å². The normalized spacial score (nSPS) is 14.6. The SMILES string of the molecule is COc1cc(-c2cnc(Nc3ccc(CN4CCCCC4)cn3)s2)nc(OC)n1. The molecule has 0 saturated carbocycles. The molecule has 0 radical (unpaired) electrons. The molecule has 1 saturated heterocycles. The molecule has 4 rings (SSSR count). The van der Waals surface area contributed by atoms with Gasteiger partial charge in [-0.2, -0.15) is 9.97 Å². The summed E-state index contributed by atoms with van der Waals surface area (Å²) < 4.78 is 10.4. The van der Waals surface area contributed by atoms with Crippen LogP contribution in [-0.4, -0.2) is 52.1 Å². The van der Waals surface area contributed by atoms with Gasteiger partial charge in [0, 0.05) is 25.0 Å². The Morgan fingerprint density at radius 3 is 2.62 bits per heavy atom. The summed E-state index contributed by atoms with van der Waals surface area (Å²) in [5.74, 6) is 1.21. The Balaban J connectivity index is 1.42. The Hall–Kier alpha value is -2.78. The number of aromatic nitrogens is 4. The fraction of sp³-hybridized carbons (Fsp3) is 0.400. The van der Waals surface area contributed by atoms with Crippen LogP contribution in [0.4, 0.5) is 10.9 Å². The summed E-state index contributed by atoms with van der Waals surface area (Å²) in [5.41, 5.74) is 1.93. The van der Waals surface area contributed by atoms with Gasteiger partial charge in [-0.3, -0.25) is 4.90 Å². The Morgan fingerprint density at radius 2 is 1.90 bits per heavy atom. The van der Waals surface area contributed by atoms with Crippen molar-refractivity contribution in [1.29, 1.82) is 0 Å². The molecule has 1 N–H and O–H groups in total. The van der Waals surface area contributed by atoms with Crippen LogP contribution in [0.1, 0.15) is 24.8 Å². The zero-order chi connectivity index (χ0) is 20.1. The predicted octanol–water partition coefficient (Wildman–Crippen LogP) is 3.74. The summed E-state index contributed by atoms with van der Waals surface area (Å²) >= 11 is 1.48. The van der Waals surface area contributed by atoms with E-state index >= 15 is 0 Å². The van der Waals surface area contributed by atoms with Crippen molar-refractivity contribution in [1.82, 2.24) is 24.8 Å². The number of thiazole rings is 1. The first-order chi connectivity index (χ1) is 14.2. The van der Waals surface area contributed by atoms with Crippen LogP contribution in [0, 0.1) is 0 Å². The quantitative estimate of drug-likeness (QED) is 0.628. The molecule has 0 spiro atoms. The van der Waals surface area contributed by atoms with Crippen LogP contribution in [0.15, 0.2) is 30.6 Å². The van der Waals surface area contributed by atoms with Gasteiger partial charge in [0.15, 0.2) is 5.13 Å². The number of hydrogen-bond donors (Lipinski definition) is 1. The number of ether oxygens (including phenoxy) is 2. The van der Waals surface area contributed by atoms with Gasteiger partial charge in [-0.15, -0.1) is 0 Å². The van der Waals surface area contributed by atoms with Crippen LogP contribution in [-0.2, 0) is 6.54 Å². The maximum atomic E-state index is 5.21. The van der Waals surface area contributed by atoms with Crippen molar-refractivity contribution in [2.75, 3.05) is 32.6 Å². The Morgan fingerprint density at radius 1 is 1.03 bits per heavy atom. The minimum atomic E-state index is 0.258. The third-order valence-corrected chi connectivity index (χ3v) is 5.68. The Kier molecular flexibility index (Phi) is 6.16. The van der Waals surface area contributed by atoms with E-state index in [0.29, 0.717) is 11.6 Å². The number of likely N-dealkylation sites (tertiary alicyclic amines) is 1. The molecule has 9 heteroatoms. The molecule has 0 amide bonds. The molecule has 0 aromatic carbocycles. The minimum Gasteiger partial charge on any atom is -0.481 e. The van der Waals surface area contributed by atoms with Gasteiger partial charge < -0.3 is 14.8 Å². The second-order valence-electron chi connectivity index (χ2n) is 6.83. The van der Waals surface area contributed by atoms with E-state index in [-0.39, 0.29) is 6.01 Å². The van der Waals surface area contributed by atoms with Gasteiger partial charge in [0.05, 0.1) is 24.8 Å². The molecule has 1 fully saturated rings. The monoisotopic (exact) mass is 412 g/mol. The number of piperidine rings is 1. The molecule has 0 bridgehead atoms. The number of methoxy groups -OCH3 is 2. The highest BCUT2D eigenvalue weighted by atomic mass is 32.1. The molecule has 0 atom stereocenters. The highest BCUT2D eigenvalue weighted by molar-refractivity contribution is 7.18. The molecular weight excluding hydrogens is 388 g/mol. The van der Waals surface area contributed by atoms with E-state index in [1.807, 2.05) is 12.3 Å². The Labute approximate surface area is 174 Å². The van der Waals surface area contributed by atoms with Crippen molar-refractivity contribution in [2.45, 2.75) is 25.8 Å².